The van der Waals surface area contributed by atoms with Crippen molar-refractivity contribution in [2.45, 2.75) is 32.4 Å². The van der Waals surface area contributed by atoms with Crippen LogP contribution in [-0.2, 0) is 11.5 Å². The lowest BCUT2D eigenvalue weighted by atomic mass is 10.3. The zero-order valence-electron chi connectivity index (χ0n) is 11.9. The fourth-order valence-electron chi connectivity index (χ4n) is 1.76. The minimum absolute atomic E-state index is 0.376. The van der Waals surface area contributed by atoms with Crippen molar-refractivity contribution >= 4 is 41.3 Å². The molecule has 7 heteroatoms. The summed E-state index contributed by atoms with van der Waals surface area (Å²) >= 11 is 3.41. The van der Waals surface area contributed by atoms with E-state index in [-0.39, 0.29) is 0 Å². The summed E-state index contributed by atoms with van der Waals surface area (Å²) in [4.78, 5) is 19.2. The molecule has 5 nitrogen and oxygen atoms in total. The van der Waals surface area contributed by atoms with Gasteiger partial charge in [0.25, 0.3) is 0 Å². The van der Waals surface area contributed by atoms with Crippen LogP contribution < -0.4 is 0 Å². The summed E-state index contributed by atoms with van der Waals surface area (Å²) in [6.07, 6.45) is 4.04. The quantitative estimate of drug-likeness (QED) is 0.453. The molecule has 108 valence electrons. The van der Waals surface area contributed by atoms with Gasteiger partial charge in [0.2, 0.25) is 0 Å². The molecule has 0 radical (unpaired) electrons. The van der Waals surface area contributed by atoms with Gasteiger partial charge in [-0.3, -0.25) is 4.79 Å². The summed E-state index contributed by atoms with van der Waals surface area (Å²) in [5, 5.41) is 0. The number of nitrogens with zero attached hydrogens (tertiary/aromatic N) is 3. The topological polar surface area (TPSA) is 57.0 Å². The number of carbonyl (C=O) groups excluding carboxylic acids is 1. The smallest absolute Gasteiger partial charge is 0.169 e. The van der Waals surface area contributed by atoms with E-state index in [1.165, 1.54) is 0 Å². The maximum absolute atomic E-state index is 10.9. The van der Waals surface area contributed by atoms with E-state index in [4.69, 9.17) is 4.74 Å². The van der Waals surface area contributed by atoms with Gasteiger partial charge in [-0.15, -0.1) is 0 Å². The molecule has 0 unspecified atom stereocenters. The van der Waals surface area contributed by atoms with Crippen molar-refractivity contribution < 1.29 is 9.53 Å². The largest absolute Gasteiger partial charge is 0.361 e. The van der Waals surface area contributed by atoms with Gasteiger partial charge in [-0.05, 0) is 22.0 Å². The molecule has 0 aliphatic heterocycles. The number of pyridine rings is 1. The third kappa shape index (κ3) is 3.53. The number of aromatic nitrogens is 3. The van der Waals surface area contributed by atoms with E-state index in [0.717, 1.165) is 30.0 Å². The first-order chi connectivity index (χ1) is 9.42. The first kappa shape index (κ1) is 15.3. The Balaban J connectivity index is 2.13. The molecule has 0 bridgehead atoms. The first-order valence-corrected chi connectivity index (χ1v) is 10.9. The molecule has 0 atom stereocenters. The zero-order chi connectivity index (χ0) is 14.8. The second kappa shape index (κ2) is 6.15. The molecule has 0 aromatic carbocycles. The van der Waals surface area contributed by atoms with Crippen LogP contribution in [0.1, 0.15) is 10.5 Å². The average molecular weight is 356 g/mol. The van der Waals surface area contributed by atoms with Gasteiger partial charge in [0.15, 0.2) is 6.29 Å². The Morgan fingerprint density at radius 1 is 1.40 bits per heavy atom. The molecular formula is C13H18BrN3O2Si. The minimum atomic E-state index is -1.07. The van der Waals surface area contributed by atoms with Gasteiger partial charge in [0.05, 0.1) is 22.5 Å². The van der Waals surface area contributed by atoms with E-state index in [9.17, 15) is 4.79 Å². The van der Waals surface area contributed by atoms with Crippen LogP contribution in [0.3, 0.4) is 0 Å². The molecule has 0 saturated heterocycles. The Hall–Kier alpha value is -1.05. The van der Waals surface area contributed by atoms with Crippen LogP contribution in [0.5, 0.6) is 0 Å². The Bertz CT molecular complexity index is 622. The molecule has 0 saturated carbocycles. The van der Waals surface area contributed by atoms with E-state index in [2.05, 4.69) is 45.5 Å². The van der Waals surface area contributed by atoms with Crippen molar-refractivity contribution in [2.75, 3.05) is 6.61 Å². The summed E-state index contributed by atoms with van der Waals surface area (Å²) in [7, 11) is -1.07. The molecule has 0 fully saturated rings. The van der Waals surface area contributed by atoms with Crippen LogP contribution in [0.15, 0.2) is 17.0 Å². The molecule has 2 aromatic rings. The molecule has 0 amide bonds. The molecular weight excluding hydrogens is 338 g/mol. The number of rotatable bonds is 6. The molecule has 0 aliphatic carbocycles. The molecule has 2 aromatic heterocycles. The number of aldehydes is 1. The lowest BCUT2D eigenvalue weighted by Crippen LogP contribution is -2.22. The number of hydrogen-bond acceptors (Lipinski definition) is 4. The maximum Gasteiger partial charge on any atom is 0.169 e. The van der Waals surface area contributed by atoms with Crippen molar-refractivity contribution in [1.29, 1.82) is 0 Å². The normalized spacial score (nSPS) is 12.0. The highest BCUT2D eigenvalue weighted by molar-refractivity contribution is 9.10. The van der Waals surface area contributed by atoms with Crippen LogP contribution in [0.25, 0.3) is 11.0 Å². The van der Waals surface area contributed by atoms with Crippen molar-refractivity contribution in [3.63, 3.8) is 0 Å². The van der Waals surface area contributed by atoms with E-state index in [0.29, 0.717) is 16.9 Å². The molecule has 0 spiro atoms. The van der Waals surface area contributed by atoms with Gasteiger partial charge in [-0.1, -0.05) is 19.6 Å². The summed E-state index contributed by atoms with van der Waals surface area (Å²) in [6, 6.07) is 1.13. The van der Waals surface area contributed by atoms with E-state index in [1.54, 1.807) is 12.5 Å². The average Bonchev–Trinajstić information content (AvgIpc) is 2.78. The Morgan fingerprint density at radius 3 is 2.80 bits per heavy atom. The van der Waals surface area contributed by atoms with Crippen LogP contribution >= 0.6 is 15.9 Å². The zero-order valence-corrected chi connectivity index (χ0v) is 14.5. The maximum atomic E-state index is 10.9. The predicted molar refractivity (Wildman–Crippen MR) is 84.7 cm³/mol. The highest BCUT2D eigenvalue weighted by Gasteiger charge is 2.14. The number of halogens is 1. The third-order valence-corrected chi connectivity index (χ3v) is 5.45. The second-order valence-electron chi connectivity index (χ2n) is 5.87. The highest BCUT2D eigenvalue weighted by Crippen LogP contribution is 2.24. The van der Waals surface area contributed by atoms with Gasteiger partial charge in [-0.25, -0.2) is 9.97 Å². The monoisotopic (exact) mass is 355 g/mol. The fourth-order valence-corrected chi connectivity index (χ4v) is 3.14. The standard InChI is InChI=1S/C13H18BrN3O2Si/c1-20(2,3)5-4-19-9-17-8-16-10-6-15-11(7-18)12(14)13(10)17/h6-8H,4-5,9H2,1-3H3. The van der Waals surface area contributed by atoms with Gasteiger partial charge >= 0.3 is 0 Å². The number of fused-ring (bicyclic) bond motifs is 1. The van der Waals surface area contributed by atoms with E-state index < -0.39 is 8.07 Å². The van der Waals surface area contributed by atoms with Crippen molar-refractivity contribution in [3.05, 3.63) is 22.7 Å². The van der Waals surface area contributed by atoms with E-state index >= 15 is 0 Å². The molecule has 0 N–H and O–H groups in total. The third-order valence-electron chi connectivity index (χ3n) is 2.96. The fraction of sp³-hybridized carbons (Fsp3) is 0.462. The Kier molecular flexibility index (Phi) is 4.72. The molecule has 20 heavy (non-hydrogen) atoms. The van der Waals surface area contributed by atoms with Gasteiger partial charge in [-0.2, -0.15) is 0 Å². The molecule has 0 aliphatic rings. The summed E-state index contributed by atoms with van der Waals surface area (Å²) in [6.45, 7) is 8.14. The Morgan fingerprint density at radius 2 is 2.15 bits per heavy atom. The number of ether oxygens (including phenoxy) is 1. The van der Waals surface area contributed by atoms with Crippen molar-refractivity contribution in [3.8, 4) is 0 Å². The minimum Gasteiger partial charge on any atom is -0.361 e. The van der Waals surface area contributed by atoms with Crippen molar-refractivity contribution in [2.24, 2.45) is 0 Å². The van der Waals surface area contributed by atoms with Crippen LogP contribution in [0.2, 0.25) is 25.7 Å². The van der Waals surface area contributed by atoms with Crippen LogP contribution in [0, 0.1) is 0 Å². The first-order valence-electron chi connectivity index (χ1n) is 6.44. The Labute approximate surface area is 127 Å². The van der Waals surface area contributed by atoms with Gasteiger partial charge in [0.1, 0.15) is 17.9 Å². The predicted octanol–water partition coefficient (Wildman–Crippen LogP) is 3.32. The highest BCUT2D eigenvalue weighted by atomic mass is 79.9. The number of imidazole rings is 1. The lowest BCUT2D eigenvalue weighted by Gasteiger charge is -2.15. The SMILES string of the molecule is C[Si](C)(C)CCOCn1cnc2cnc(C=O)c(Br)c21. The van der Waals surface area contributed by atoms with Crippen molar-refractivity contribution in [1.82, 2.24) is 14.5 Å². The summed E-state index contributed by atoms with van der Waals surface area (Å²) < 4.78 is 8.27. The second-order valence-corrected chi connectivity index (χ2v) is 12.3. The van der Waals surface area contributed by atoms with Gasteiger partial charge < -0.3 is 9.30 Å². The summed E-state index contributed by atoms with van der Waals surface area (Å²) in [5.41, 5.74) is 1.97. The van der Waals surface area contributed by atoms with Crippen LogP contribution in [-0.4, -0.2) is 35.5 Å². The van der Waals surface area contributed by atoms with Gasteiger partial charge in [0, 0.05) is 14.7 Å². The molecule has 2 heterocycles. The van der Waals surface area contributed by atoms with Crippen LogP contribution in [0.4, 0.5) is 0 Å². The number of carbonyl (C=O) groups is 1. The number of hydrogen-bond donors (Lipinski definition) is 0. The van der Waals surface area contributed by atoms with E-state index in [1.807, 2.05) is 4.57 Å². The summed E-state index contributed by atoms with van der Waals surface area (Å²) in [5.74, 6) is 0. The lowest BCUT2D eigenvalue weighted by molar-refractivity contribution is 0.0897. The molecule has 2 rings (SSSR count).